The summed E-state index contributed by atoms with van der Waals surface area (Å²) < 4.78 is 29.5. The molecule has 0 rings (SSSR count). The summed E-state index contributed by atoms with van der Waals surface area (Å²) >= 11 is 0. The number of methoxy groups -OCH3 is 1. The highest BCUT2D eigenvalue weighted by molar-refractivity contribution is 7.89. The molecule has 0 aromatic heterocycles. The average molecular weight is 209 g/mol. The molecule has 0 heterocycles. The molecule has 0 amide bonds. The lowest BCUT2D eigenvalue weighted by molar-refractivity contribution is 0.217. The van der Waals surface area contributed by atoms with Gasteiger partial charge in [-0.3, -0.25) is 0 Å². The van der Waals surface area contributed by atoms with Crippen molar-refractivity contribution in [2.24, 2.45) is 0 Å². The molecule has 80 valence electrons. The van der Waals surface area contributed by atoms with Gasteiger partial charge in [0.05, 0.1) is 12.4 Å². The van der Waals surface area contributed by atoms with E-state index in [0.29, 0.717) is 6.54 Å². The van der Waals surface area contributed by atoms with Crippen molar-refractivity contribution >= 4 is 10.0 Å². The second-order valence-corrected chi connectivity index (χ2v) is 4.84. The molecule has 5 heteroatoms. The van der Waals surface area contributed by atoms with Crippen molar-refractivity contribution in [3.63, 3.8) is 0 Å². The van der Waals surface area contributed by atoms with E-state index in [9.17, 15) is 8.42 Å². The third-order valence-electron chi connectivity index (χ3n) is 1.66. The van der Waals surface area contributed by atoms with Gasteiger partial charge in [0.25, 0.3) is 0 Å². The maximum atomic E-state index is 11.2. The second-order valence-electron chi connectivity index (χ2n) is 2.91. The van der Waals surface area contributed by atoms with Crippen molar-refractivity contribution in [3.8, 4) is 0 Å². The van der Waals surface area contributed by atoms with Crippen LogP contribution in [0.5, 0.6) is 0 Å². The first-order chi connectivity index (χ1) is 6.12. The Hall–Kier alpha value is -0.130. The zero-order valence-corrected chi connectivity index (χ0v) is 9.19. The minimum atomic E-state index is -3.10. The summed E-state index contributed by atoms with van der Waals surface area (Å²) in [6, 6.07) is 0. The fourth-order valence-electron chi connectivity index (χ4n) is 0.868. The van der Waals surface area contributed by atoms with Crippen molar-refractivity contribution < 1.29 is 13.2 Å². The summed E-state index contributed by atoms with van der Waals surface area (Å²) in [7, 11) is -1.61. The molecule has 0 saturated carbocycles. The second kappa shape index (κ2) is 7.29. The van der Waals surface area contributed by atoms with Gasteiger partial charge in [0, 0.05) is 13.7 Å². The van der Waals surface area contributed by atoms with Gasteiger partial charge in [-0.05, 0) is 6.42 Å². The van der Waals surface area contributed by atoms with Crippen LogP contribution in [0.2, 0.25) is 0 Å². The smallest absolute Gasteiger partial charge is 0.213 e. The van der Waals surface area contributed by atoms with Crippen LogP contribution in [0.15, 0.2) is 0 Å². The fraction of sp³-hybridized carbons (Fsp3) is 1.00. The number of hydrogen-bond donors (Lipinski definition) is 1. The monoisotopic (exact) mass is 209 g/mol. The molecule has 0 aliphatic carbocycles. The highest BCUT2D eigenvalue weighted by Crippen LogP contribution is 1.93. The van der Waals surface area contributed by atoms with E-state index in [4.69, 9.17) is 0 Å². The van der Waals surface area contributed by atoms with Gasteiger partial charge >= 0.3 is 0 Å². The summed E-state index contributed by atoms with van der Waals surface area (Å²) in [5.74, 6) is 0.0512. The molecular formula is C8H19NO3S. The zero-order valence-electron chi connectivity index (χ0n) is 8.38. The Morgan fingerprint density at radius 2 is 2.00 bits per heavy atom. The van der Waals surface area contributed by atoms with Crippen molar-refractivity contribution in [1.29, 1.82) is 0 Å². The topological polar surface area (TPSA) is 55.4 Å². The van der Waals surface area contributed by atoms with E-state index < -0.39 is 10.0 Å². The van der Waals surface area contributed by atoms with Crippen LogP contribution in [0.4, 0.5) is 0 Å². The van der Waals surface area contributed by atoms with Gasteiger partial charge in [0.1, 0.15) is 0 Å². The van der Waals surface area contributed by atoms with E-state index in [1.54, 1.807) is 0 Å². The van der Waals surface area contributed by atoms with Crippen molar-refractivity contribution in [2.75, 3.05) is 26.0 Å². The van der Waals surface area contributed by atoms with E-state index in [0.717, 1.165) is 19.3 Å². The van der Waals surface area contributed by atoms with Crippen LogP contribution in [0, 0.1) is 0 Å². The summed E-state index contributed by atoms with van der Waals surface area (Å²) in [6.45, 7) is 2.88. The largest absolute Gasteiger partial charge is 0.384 e. The van der Waals surface area contributed by atoms with Gasteiger partial charge in [-0.2, -0.15) is 0 Å². The molecule has 0 aliphatic rings. The van der Waals surface area contributed by atoms with E-state index >= 15 is 0 Å². The minimum Gasteiger partial charge on any atom is -0.384 e. The van der Waals surface area contributed by atoms with Crippen LogP contribution in [-0.4, -0.2) is 34.4 Å². The Balaban J connectivity index is 3.52. The van der Waals surface area contributed by atoms with E-state index in [1.165, 1.54) is 7.11 Å². The molecule has 0 aliphatic heterocycles. The maximum Gasteiger partial charge on any atom is 0.213 e. The number of unbranched alkanes of at least 4 members (excludes halogenated alkanes) is 2. The third kappa shape index (κ3) is 8.21. The molecule has 0 fully saturated rings. The predicted molar refractivity (Wildman–Crippen MR) is 53.2 cm³/mol. The van der Waals surface area contributed by atoms with Crippen molar-refractivity contribution in [2.45, 2.75) is 26.2 Å². The van der Waals surface area contributed by atoms with Gasteiger partial charge in [0.2, 0.25) is 10.0 Å². The van der Waals surface area contributed by atoms with Gasteiger partial charge in [-0.15, -0.1) is 0 Å². The molecule has 0 spiro atoms. The number of rotatable bonds is 8. The van der Waals surface area contributed by atoms with Crippen molar-refractivity contribution in [1.82, 2.24) is 4.72 Å². The van der Waals surface area contributed by atoms with E-state index in [2.05, 4.69) is 16.4 Å². The Labute approximate surface area is 80.7 Å². The molecule has 1 N–H and O–H groups in total. The molecule has 0 saturated heterocycles. The molecule has 0 atom stereocenters. The molecule has 0 aromatic rings. The average Bonchev–Trinajstić information content (AvgIpc) is 2.09. The lowest BCUT2D eigenvalue weighted by Crippen LogP contribution is -2.29. The van der Waals surface area contributed by atoms with Crippen LogP contribution < -0.4 is 4.72 Å². The highest BCUT2D eigenvalue weighted by Gasteiger charge is 2.07. The van der Waals surface area contributed by atoms with Crippen LogP contribution in [0.25, 0.3) is 0 Å². The van der Waals surface area contributed by atoms with Gasteiger partial charge in [0.15, 0.2) is 0 Å². The fourth-order valence-corrected chi connectivity index (χ4v) is 1.85. The normalized spacial score (nSPS) is 11.8. The Kier molecular flexibility index (Phi) is 7.22. The summed E-state index contributed by atoms with van der Waals surface area (Å²) in [5.41, 5.74) is 0. The summed E-state index contributed by atoms with van der Waals surface area (Å²) in [6.07, 6.45) is 3.06. The number of hydrogen-bond acceptors (Lipinski definition) is 3. The molecule has 4 nitrogen and oxygen atoms in total. The quantitative estimate of drug-likeness (QED) is 0.600. The Morgan fingerprint density at radius 3 is 2.54 bits per heavy atom. The molecule has 0 aromatic carbocycles. The van der Waals surface area contributed by atoms with Crippen LogP contribution in [0.3, 0.4) is 0 Å². The van der Waals surface area contributed by atoms with E-state index in [1.807, 2.05) is 0 Å². The Morgan fingerprint density at radius 1 is 1.31 bits per heavy atom. The Bertz CT molecular complexity index is 201. The van der Waals surface area contributed by atoms with Crippen LogP contribution in [-0.2, 0) is 14.8 Å². The molecular weight excluding hydrogens is 190 g/mol. The first-order valence-electron chi connectivity index (χ1n) is 4.58. The van der Waals surface area contributed by atoms with E-state index in [-0.39, 0.29) is 12.4 Å². The first kappa shape index (κ1) is 12.9. The van der Waals surface area contributed by atoms with Crippen molar-refractivity contribution in [3.05, 3.63) is 0 Å². The van der Waals surface area contributed by atoms with Crippen LogP contribution >= 0.6 is 0 Å². The molecule has 13 heavy (non-hydrogen) atoms. The zero-order chi connectivity index (χ0) is 10.2. The summed E-state index contributed by atoms with van der Waals surface area (Å²) in [4.78, 5) is 0. The van der Waals surface area contributed by atoms with Crippen LogP contribution in [0.1, 0.15) is 26.2 Å². The van der Waals surface area contributed by atoms with Gasteiger partial charge in [-0.1, -0.05) is 19.8 Å². The maximum absolute atomic E-state index is 11.2. The summed E-state index contributed by atoms with van der Waals surface area (Å²) in [5, 5.41) is 0. The molecule has 0 radical (unpaired) electrons. The standard InChI is InChI=1S/C8H19NO3S/c1-3-4-5-6-9-13(10,11)8-7-12-2/h9H,3-8H2,1-2H3. The highest BCUT2D eigenvalue weighted by atomic mass is 32.2. The third-order valence-corrected chi connectivity index (χ3v) is 3.01. The molecule has 0 unspecified atom stereocenters. The lowest BCUT2D eigenvalue weighted by Gasteiger charge is -2.04. The first-order valence-corrected chi connectivity index (χ1v) is 6.24. The SMILES string of the molecule is CCCCCNS(=O)(=O)CCOC. The minimum absolute atomic E-state index is 0.0512. The predicted octanol–water partition coefficient (Wildman–Crippen LogP) is 0.742. The number of nitrogens with one attached hydrogen (secondary N) is 1. The number of ether oxygens (including phenoxy) is 1. The molecule has 0 bridgehead atoms. The lowest BCUT2D eigenvalue weighted by atomic mass is 10.3. The van der Waals surface area contributed by atoms with Gasteiger partial charge < -0.3 is 4.74 Å². The number of sulfonamides is 1. The van der Waals surface area contributed by atoms with Gasteiger partial charge in [-0.25, -0.2) is 13.1 Å².